The summed E-state index contributed by atoms with van der Waals surface area (Å²) in [7, 11) is 0. The summed E-state index contributed by atoms with van der Waals surface area (Å²) < 4.78 is 5.56. The average molecular weight is 326 g/mol. The Morgan fingerprint density at radius 3 is 1.83 bits per heavy atom. The monoisotopic (exact) mass is 326 g/mol. The topological polar surface area (TPSA) is 67.4 Å². The second-order valence-corrected chi connectivity index (χ2v) is 5.66. The van der Waals surface area contributed by atoms with Gasteiger partial charge in [0.15, 0.2) is 0 Å². The van der Waals surface area contributed by atoms with Crippen LogP contribution >= 0.6 is 0 Å². The number of hydrogen-bond acceptors (Lipinski definition) is 3. The molecule has 0 unspecified atom stereocenters. The summed E-state index contributed by atoms with van der Waals surface area (Å²) in [4.78, 5) is 23.6. The van der Waals surface area contributed by atoms with Crippen LogP contribution in [0.4, 0.5) is 0 Å². The summed E-state index contributed by atoms with van der Waals surface area (Å²) in [5.41, 5.74) is 1.84. The van der Waals surface area contributed by atoms with Gasteiger partial charge in [0.25, 0.3) is 0 Å². The number of nitrogens with one attached hydrogen (secondary N) is 2. The summed E-state index contributed by atoms with van der Waals surface area (Å²) in [6.07, 6.45) is 0.115. The predicted octanol–water partition coefficient (Wildman–Crippen LogP) is 2.41. The van der Waals surface area contributed by atoms with E-state index >= 15 is 0 Å². The molecule has 2 amide bonds. The van der Waals surface area contributed by atoms with Crippen LogP contribution in [0.3, 0.4) is 0 Å². The first-order chi connectivity index (χ1) is 11.5. The third-order valence-corrected chi connectivity index (χ3v) is 3.25. The second kappa shape index (κ2) is 8.72. The van der Waals surface area contributed by atoms with E-state index in [2.05, 4.69) is 10.6 Å². The van der Waals surface area contributed by atoms with Gasteiger partial charge in [-0.15, -0.1) is 0 Å². The van der Waals surface area contributed by atoms with E-state index in [0.29, 0.717) is 13.1 Å². The average Bonchev–Trinajstić information content (AvgIpc) is 2.59. The zero-order valence-electron chi connectivity index (χ0n) is 13.9. The van der Waals surface area contributed by atoms with Crippen LogP contribution in [0, 0.1) is 0 Å². The van der Waals surface area contributed by atoms with Gasteiger partial charge in [0, 0.05) is 13.1 Å². The van der Waals surface area contributed by atoms with Gasteiger partial charge in [-0.3, -0.25) is 9.59 Å². The molecule has 126 valence electrons. The Morgan fingerprint density at radius 2 is 1.33 bits per heavy atom. The fourth-order valence-corrected chi connectivity index (χ4v) is 2.08. The molecule has 5 heteroatoms. The zero-order chi connectivity index (χ0) is 17.4. The smallest absolute Gasteiger partial charge is 0.309 e. The first-order valence-electron chi connectivity index (χ1n) is 7.90. The van der Waals surface area contributed by atoms with Gasteiger partial charge < -0.3 is 15.4 Å². The summed E-state index contributed by atoms with van der Waals surface area (Å²) in [5.74, 6) is -0.507. The molecule has 2 aromatic carbocycles. The maximum Gasteiger partial charge on any atom is 0.309 e. The SMILES string of the molecule is CC(C)Oc1ccc(CNC(=O)C(=O)NCc2ccccc2)cc1. The lowest BCUT2D eigenvalue weighted by molar-refractivity contribution is -0.139. The van der Waals surface area contributed by atoms with Crippen LogP contribution in [0.5, 0.6) is 5.75 Å². The van der Waals surface area contributed by atoms with Crippen molar-refractivity contribution in [1.29, 1.82) is 0 Å². The fraction of sp³-hybridized carbons (Fsp3) is 0.263. The quantitative estimate of drug-likeness (QED) is 0.801. The van der Waals surface area contributed by atoms with E-state index in [1.165, 1.54) is 0 Å². The minimum atomic E-state index is -0.645. The van der Waals surface area contributed by atoms with Gasteiger partial charge >= 0.3 is 11.8 Å². The van der Waals surface area contributed by atoms with E-state index in [-0.39, 0.29) is 6.10 Å². The molecule has 0 saturated carbocycles. The molecular weight excluding hydrogens is 304 g/mol. The predicted molar refractivity (Wildman–Crippen MR) is 92.3 cm³/mol. The number of carbonyl (C=O) groups excluding carboxylic acids is 2. The Balaban J connectivity index is 1.76. The Labute approximate surface area is 142 Å². The largest absolute Gasteiger partial charge is 0.491 e. The van der Waals surface area contributed by atoms with Crippen LogP contribution in [-0.2, 0) is 22.7 Å². The Kier molecular flexibility index (Phi) is 6.37. The molecule has 0 bridgehead atoms. The molecule has 2 rings (SSSR count). The van der Waals surface area contributed by atoms with Crippen molar-refractivity contribution in [3.8, 4) is 5.75 Å². The van der Waals surface area contributed by atoms with Gasteiger partial charge in [-0.25, -0.2) is 0 Å². The lowest BCUT2D eigenvalue weighted by atomic mass is 10.2. The molecule has 2 aromatic rings. The van der Waals surface area contributed by atoms with Crippen molar-refractivity contribution in [2.24, 2.45) is 0 Å². The zero-order valence-corrected chi connectivity index (χ0v) is 13.9. The molecule has 0 spiro atoms. The number of carbonyl (C=O) groups is 2. The summed E-state index contributed by atoms with van der Waals surface area (Å²) >= 11 is 0. The number of amides is 2. The number of hydrogen-bond donors (Lipinski definition) is 2. The van der Waals surface area contributed by atoms with Gasteiger partial charge in [-0.05, 0) is 37.1 Å². The molecular formula is C19H22N2O3. The van der Waals surface area contributed by atoms with Crippen LogP contribution < -0.4 is 15.4 Å². The molecule has 0 fully saturated rings. The van der Waals surface area contributed by atoms with Crippen LogP contribution in [0.25, 0.3) is 0 Å². The van der Waals surface area contributed by atoms with Crippen molar-refractivity contribution in [3.05, 3.63) is 65.7 Å². The molecule has 0 saturated heterocycles. The molecule has 5 nitrogen and oxygen atoms in total. The van der Waals surface area contributed by atoms with Gasteiger partial charge in [0.1, 0.15) is 5.75 Å². The van der Waals surface area contributed by atoms with Crippen molar-refractivity contribution in [3.63, 3.8) is 0 Å². The van der Waals surface area contributed by atoms with Crippen molar-refractivity contribution in [2.75, 3.05) is 0 Å². The van der Waals surface area contributed by atoms with Crippen molar-refractivity contribution in [2.45, 2.75) is 33.0 Å². The highest BCUT2D eigenvalue weighted by atomic mass is 16.5. The third kappa shape index (κ3) is 5.76. The molecule has 0 heterocycles. The van der Waals surface area contributed by atoms with E-state index in [4.69, 9.17) is 4.74 Å². The van der Waals surface area contributed by atoms with Gasteiger partial charge in [-0.2, -0.15) is 0 Å². The summed E-state index contributed by atoms with van der Waals surface area (Å²) in [5, 5.41) is 5.20. The van der Waals surface area contributed by atoms with E-state index in [1.807, 2.05) is 68.4 Å². The Hall–Kier alpha value is -2.82. The van der Waals surface area contributed by atoms with E-state index in [1.54, 1.807) is 0 Å². The van der Waals surface area contributed by atoms with Gasteiger partial charge in [-0.1, -0.05) is 42.5 Å². The van der Waals surface area contributed by atoms with E-state index < -0.39 is 11.8 Å². The van der Waals surface area contributed by atoms with Crippen LogP contribution in [0.15, 0.2) is 54.6 Å². The second-order valence-electron chi connectivity index (χ2n) is 5.66. The normalized spacial score (nSPS) is 10.3. The standard InChI is InChI=1S/C19H22N2O3/c1-14(2)24-17-10-8-16(9-11-17)13-21-19(23)18(22)20-12-15-6-4-3-5-7-15/h3-11,14H,12-13H2,1-2H3,(H,20,22)(H,21,23). The molecule has 0 aliphatic carbocycles. The maximum absolute atomic E-state index is 11.8. The highest BCUT2D eigenvalue weighted by Gasteiger charge is 2.12. The summed E-state index contributed by atoms with van der Waals surface area (Å²) in [6.45, 7) is 4.54. The molecule has 0 atom stereocenters. The van der Waals surface area contributed by atoms with Crippen LogP contribution in [-0.4, -0.2) is 17.9 Å². The molecule has 2 N–H and O–H groups in total. The Bertz CT molecular complexity index is 667. The number of rotatable bonds is 6. The molecule has 0 radical (unpaired) electrons. The van der Waals surface area contributed by atoms with E-state index in [0.717, 1.165) is 16.9 Å². The van der Waals surface area contributed by atoms with Gasteiger partial charge in [0.05, 0.1) is 6.10 Å². The fourth-order valence-electron chi connectivity index (χ4n) is 2.08. The first-order valence-corrected chi connectivity index (χ1v) is 7.90. The minimum absolute atomic E-state index is 0.115. The summed E-state index contributed by atoms with van der Waals surface area (Å²) in [6, 6.07) is 16.9. The molecule has 0 aliphatic rings. The lowest BCUT2D eigenvalue weighted by Crippen LogP contribution is -2.39. The van der Waals surface area contributed by atoms with Crippen LogP contribution in [0.2, 0.25) is 0 Å². The van der Waals surface area contributed by atoms with Crippen molar-refractivity contribution < 1.29 is 14.3 Å². The minimum Gasteiger partial charge on any atom is -0.491 e. The molecule has 0 aliphatic heterocycles. The Morgan fingerprint density at radius 1 is 0.833 bits per heavy atom. The maximum atomic E-state index is 11.8. The highest BCUT2D eigenvalue weighted by molar-refractivity contribution is 6.35. The van der Waals surface area contributed by atoms with Crippen LogP contribution in [0.1, 0.15) is 25.0 Å². The third-order valence-electron chi connectivity index (χ3n) is 3.25. The van der Waals surface area contributed by atoms with E-state index in [9.17, 15) is 9.59 Å². The lowest BCUT2D eigenvalue weighted by Gasteiger charge is -2.10. The highest BCUT2D eigenvalue weighted by Crippen LogP contribution is 2.13. The number of ether oxygens (including phenoxy) is 1. The van der Waals surface area contributed by atoms with Crippen molar-refractivity contribution >= 4 is 11.8 Å². The number of benzene rings is 2. The van der Waals surface area contributed by atoms with Crippen molar-refractivity contribution in [1.82, 2.24) is 10.6 Å². The first kappa shape index (κ1) is 17.5. The molecule has 0 aromatic heterocycles. The van der Waals surface area contributed by atoms with Gasteiger partial charge in [0.2, 0.25) is 0 Å². The molecule has 24 heavy (non-hydrogen) atoms.